The van der Waals surface area contributed by atoms with Crippen LogP contribution >= 0.6 is 0 Å². The summed E-state index contributed by atoms with van der Waals surface area (Å²) in [5.74, 6) is -0.124. The summed E-state index contributed by atoms with van der Waals surface area (Å²) >= 11 is 0. The van der Waals surface area contributed by atoms with Crippen molar-refractivity contribution in [3.05, 3.63) is 63.2 Å². The van der Waals surface area contributed by atoms with Gasteiger partial charge >= 0.3 is 5.69 Å². The smallest absolute Gasteiger partial charge is 0.311 e. The molecule has 0 radical (unpaired) electrons. The summed E-state index contributed by atoms with van der Waals surface area (Å²) in [6.07, 6.45) is 2.76. The molecule has 130 valence electrons. The van der Waals surface area contributed by atoms with Crippen molar-refractivity contribution < 1.29 is 24.3 Å². The lowest BCUT2D eigenvalue weighted by Crippen LogP contribution is -1.99. The zero-order chi connectivity index (χ0) is 18.6. The van der Waals surface area contributed by atoms with Crippen molar-refractivity contribution in [3.8, 4) is 17.2 Å². The number of phenolic OH excluding ortho intramolecular Hbond substituents is 1. The molecule has 7 nitrogen and oxygen atoms in total. The lowest BCUT2D eigenvalue weighted by Gasteiger charge is -2.07. The fourth-order valence-electron chi connectivity index (χ4n) is 2.30. The number of allylic oxidation sites excluding steroid dienone is 1. The van der Waals surface area contributed by atoms with Gasteiger partial charge in [0, 0.05) is 6.07 Å². The minimum absolute atomic E-state index is 0.122. The van der Waals surface area contributed by atoms with Crippen molar-refractivity contribution >= 4 is 17.5 Å². The van der Waals surface area contributed by atoms with Crippen LogP contribution in [0.2, 0.25) is 0 Å². The van der Waals surface area contributed by atoms with E-state index in [1.54, 1.807) is 25.1 Å². The lowest BCUT2D eigenvalue weighted by molar-refractivity contribution is -0.385. The predicted molar refractivity (Wildman–Crippen MR) is 92.4 cm³/mol. The van der Waals surface area contributed by atoms with Gasteiger partial charge in [-0.05, 0) is 42.3 Å². The molecule has 0 unspecified atom stereocenters. The highest BCUT2D eigenvalue weighted by Crippen LogP contribution is 2.32. The molecule has 2 rings (SSSR count). The van der Waals surface area contributed by atoms with Gasteiger partial charge in [0.15, 0.2) is 17.3 Å². The van der Waals surface area contributed by atoms with E-state index in [9.17, 15) is 20.0 Å². The molecule has 0 aliphatic carbocycles. The maximum atomic E-state index is 12.3. The summed E-state index contributed by atoms with van der Waals surface area (Å²) in [7, 11) is 3.02. The average Bonchev–Trinajstić information content (AvgIpc) is 2.60. The average molecular weight is 343 g/mol. The van der Waals surface area contributed by atoms with Crippen molar-refractivity contribution in [1.82, 2.24) is 0 Å². The molecule has 0 saturated carbocycles. The maximum absolute atomic E-state index is 12.3. The standard InChI is InChI=1S/C18H17NO6/c1-11-8-13(18(21)14(9-11)19(22)23)15(20)6-4-12-5-7-16(24-2)17(10-12)25-3/h4-10,21H,1-3H3/b6-4+. The number of hydrogen-bond acceptors (Lipinski definition) is 6. The minimum Gasteiger partial charge on any atom is -0.502 e. The van der Waals surface area contributed by atoms with Crippen LogP contribution in [-0.4, -0.2) is 30.0 Å². The first-order chi connectivity index (χ1) is 11.9. The van der Waals surface area contributed by atoms with Gasteiger partial charge in [-0.3, -0.25) is 14.9 Å². The second-order valence-corrected chi connectivity index (χ2v) is 5.25. The van der Waals surface area contributed by atoms with Crippen LogP contribution in [0.25, 0.3) is 6.08 Å². The molecule has 2 aromatic carbocycles. The number of aryl methyl sites for hydroxylation is 1. The molecule has 0 atom stereocenters. The van der Waals surface area contributed by atoms with Crippen LogP contribution in [0.4, 0.5) is 5.69 Å². The molecule has 1 N–H and O–H groups in total. The number of ketones is 1. The third-order valence-electron chi connectivity index (χ3n) is 3.53. The number of rotatable bonds is 6. The zero-order valence-corrected chi connectivity index (χ0v) is 14.0. The second kappa shape index (κ2) is 7.48. The zero-order valence-electron chi connectivity index (χ0n) is 14.0. The van der Waals surface area contributed by atoms with E-state index in [0.717, 1.165) is 0 Å². The molecule has 0 fully saturated rings. The third-order valence-corrected chi connectivity index (χ3v) is 3.53. The van der Waals surface area contributed by atoms with E-state index in [1.165, 1.54) is 38.5 Å². The largest absolute Gasteiger partial charge is 0.502 e. The molecule has 0 amide bonds. The van der Waals surface area contributed by atoms with E-state index in [0.29, 0.717) is 22.6 Å². The summed E-state index contributed by atoms with van der Waals surface area (Å²) in [4.78, 5) is 22.5. The molecular formula is C18H17NO6. The Balaban J connectivity index is 2.34. The van der Waals surface area contributed by atoms with Gasteiger partial charge in [0.05, 0.1) is 24.7 Å². The molecule has 25 heavy (non-hydrogen) atoms. The second-order valence-electron chi connectivity index (χ2n) is 5.25. The molecule has 0 saturated heterocycles. The van der Waals surface area contributed by atoms with Crippen molar-refractivity contribution in [1.29, 1.82) is 0 Å². The highest BCUT2D eigenvalue weighted by molar-refractivity contribution is 6.09. The van der Waals surface area contributed by atoms with Crippen LogP contribution in [0.15, 0.2) is 36.4 Å². The van der Waals surface area contributed by atoms with E-state index < -0.39 is 22.1 Å². The van der Waals surface area contributed by atoms with Gasteiger partial charge in [0.1, 0.15) is 0 Å². The molecule has 0 bridgehead atoms. The van der Waals surface area contributed by atoms with Gasteiger partial charge in [0.2, 0.25) is 5.75 Å². The number of methoxy groups -OCH3 is 2. The molecule has 0 aliphatic rings. The van der Waals surface area contributed by atoms with Gasteiger partial charge in [-0.15, -0.1) is 0 Å². The predicted octanol–water partition coefficient (Wildman–Crippen LogP) is 3.52. The number of carbonyl (C=O) groups excluding carboxylic acids is 1. The van der Waals surface area contributed by atoms with E-state index in [2.05, 4.69) is 0 Å². The Morgan fingerprint density at radius 3 is 2.44 bits per heavy atom. The number of aromatic hydroxyl groups is 1. The van der Waals surface area contributed by atoms with Crippen LogP contribution in [0, 0.1) is 17.0 Å². The van der Waals surface area contributed by atoms with Gasteiger partial charge < -0.3 is 14.6 Å². The number of hydrogen-bond donors (Lipinski definition) is 1. The van der Waals surface area contributed by atoms with Gasteiger partial charge in [-0.2, -0.15) is 0 Å². The van der Waals surface area contributed by atoms with E-state index >= 15 is 0 Å². The quantitative estimate of drug-likeness (QED) is 0.373. The van der Waals surface area contributed by atoms with Gasteiger partial charge in [-0.1, -0.05) is 12.1 Å². The Labute approximate surface area is 144 Å². The summed E-state index contributed by atoms with van der Waals surface area (Å²) in [5.41, 5.74) is 0.561. The fraction of sp³-hybridized carbons (Fsp3) is 0.167. The van der Waals surface area contributed by atoms with Crippen molar-refractivity contribution in [2.45, 2.75) is 6.92 Å². The Morgan fingerprint density at radius 2 is 1.84 bits per heavy atom. The molecule has 0 spiro atoms. The topological polar surface area (TPSA) is 98.9 Å². The Morgan fingerprint density at radius 1 is 1.16 bits per heavy atom. The number of nitrogens with zero attached hydrogens (tertiary/aromatic N) is 1. The number of benzene rings is 2. The molecular weight excluding hydrogens is 326 g/mol. The minimum atomic E-state index is -0.725. The summed E-state index contributed by atoms with van der Waals surface area (Å²) in [6.45, 7) is 1.61. The first-order valence-corrected chi connectivity index (χ1v) is 7.29. The van der Waals surface area contributed by atoms with E-state index in [1.807, 2.05) is 0 Å². The van der Waals surface area contributed by atoms with Gasteiger partial charge in [0.25, 0.3) is 0 Å². The Hall–Kier alpha value is -3.35. The first kappa shape index (κ1) is 18.0. The SMILES string of the molecule is COc1ccc(/C=C/C(=O)c2cc(C)cc([N+](=O)[O-])c2O)cc1OC. The van der Waals surface area contributed by atoms with Crippen LogP contribution in [0.3, 0.4) is 0 Å². The van der Waals surface area contributed by atoms with Crippen LogP contribution in [0.5, 0.6) is 17.2 Å². The highest BCUT2D eigenvalue weighted by atomic mass is 16.6. The molecule has 2 aromatic rings. The number of ether oxygens (including phenoxy) is 2. The van der Waals surface area contributed by atoms with Crippen molar-refractivity contribution in [2.75, 3.05) is 14.2 Å². The molecule has 0 heterocycles. The summed E-state index contributed by atoms with van der Waals surface area (Å²) in [5, 5.41) is 20.9. The van der Waals surface area contributed by atoms with Crippen molar-refractivity contribution in [3.63, 3.8) is 0 Å². The molecule has 7 heteroatoms. The maximum Gasteiger partial charge on any atom is 0.311 e. The summed E-state index contributed by atoms with van der Waals surface area (Å²) in [6, 6.07) is 7.72. The Bertz CT molecular complexity index is 857. The summed E-state index contributed by atoms with van der Waals surface area (Å²) < 4.78 is 10.3. The number of phenols is 1. The normalized spacial score (nSPS) is 10.7. The number of nitro benzene ring substituents is 1. The lowest BCUT2D eigenvalue weighted by atomic mass is 10.0. The van der Waals surface area contributed by atoms with E-state index in [-0.39, 0.29) is 5.56 Å². The van der Waals surface area contributed by atoms with Crippen LogP contribution in [0.1, 0.15) is 21.5 Å². The molecule has 0 aliphatic heterocycles. The molecule has 0 aromatic heterocycles. The number of carbonyl (C=O) groups is 1. The fourth-order valence-corrected chi connectivity index (χ4v) is 2.30. The van der Waals surface area contributed by atoms with Gasteiger partial charge in [-0.25, -0.2) is 0 Å². The number of nitro groups is 1. The van der Waals surface area contributed by atoms with E-state index in [4.69, 9.17) is 9.47 Å². The highest BCUT2D eigenvalue weighted by Gasteiger charge is 2.21. The Kier molecular flexibility index (Phi) is 5.38. The first-order valence-electron chi connectivity index (χ1n) is 7.29. The van der Waals surface area contributed by atoms with Crippen LogP contribution in [-0.2, 0) is 0 Å². The third kappa shape index (κ3) is 3.95. The monoisotopic (exact) mass is 343 g/mol. The van der Waals surface area contributed by atoms with Crippen LogP contribution < -0.4 is 9.47 Å². The van der Waals surface area contributed by atoms with Crippen molar-refractivity contribution in [2.24, 2.45) is 0 Å².